The molecule has 0 radical (unpaired) electrons. The average Bonchev–Trinajstić information content (AvgIpc) is 2.56. The van der Waals surface area contributed by atoms with Gasteiger partial charge in [0.1, 0.15) is 0 Å². The Bertz CT molecular complexity index is 639. The Morgan fingerprint density at radius 3 is 2.43 bits per heavy atom. The number of hydrogen-bond donors (Lipinski definition) is 1. The quantitative estimate of drug-likeness (QED) is 0.824. The molecule has 0 atom stereocenters. The van der Waals surface area contributed by atoms with Gasteiger partial charge in [0.25, 0.3) is 0 Å². The van der Waals surface area contributed by atoms with Crippen molar-refractivity contribution in [1.82, 2.24) is 4.90 Å². The van der Waals surface area contributed by atoms with Gasteiger partial charge in [-0.15, -0.1) is 0 Å². The van der Waals surface area contributed by atoms with Gasteiger partial charge in [0.05, 0.1) is 6.54 Å². The molecule has 0 aliphatic heterocycles. The normalized spacial score (nSPS) is 10.8. The number of hydrogen-bond acceptors (Lipinski definition) is 2. The number of benzene rings is 2. The van der Waals surface area contributed by atoms with Crippen LogP contribution in [0.15, 0.2) is 48.5 Å². The Balaban J connectivity index is 2.13. The summed E-state index contributed by atoms with van der Waals surface area (Å²) in [6.45, 7) is 6.24. The fraction of sp³-hybridized carbons (Fsp3) is 0.316. The number of nitrogens with zero attached hydrogens (tertiary/aromatic N) is 1. The lowest BCUT2D eigenvalue weighted by molar-refractivity contribution is -0.117. The van der Waals surface area contributed by atoms with Crippen molar-refractivity contribution in [2.24, 2.45) is 0 Å². The van der Waals surface area contributed by atoms with E-state index in [0.29, 0.717) is 11.6 Å². The van der Waals surface area contributed by atoms with Gasteiger partial charge in [-0.1, -0.05) is 55.8 Å². The van der Waals surface area contributed by atoms with Gasteiger partial charge >= 0.3 is 0 Å². The van der Waals surface area contributed by atoms with Crippen LogP contribution in [-0.2, 0) is 11.2 Å². The third kappa shape index (κ3) is 5.38. The van der Waals surface area contributed by atoms with Crippen LogP contribution in [0.5, 0.6) is 0 Å². The van der Waals surface area contributed by atoms with Crippen molar-refractivity contribution in [2.45, 2.75) is 20.3 Å². The molecule has 0 aromatic heterocycles. The van der Waals surface area contributed by atoms with Crippen LogP contribution in [0.4, 0.5) is 5.69 Å². The first-order chi connectivity index (χ1) is 11.1. The smallest absolute Gasteiger partial charge is 0.238 e. The zero-order valence-electron chi connectivity index (χ0n) is 13.7. The van der Waals surface area contributed by atoms with E-state index >= 15 is 0 Å². The van der Waals surface area contributed by atoms with E-state index in [2.05, 4.69) is 36.2 Å². The highest BCUT2D eigenvalue weighted by Gasteiger charge is 2.11. The largest absolute Gasteiger partial charge is 0.325 e. The zero-order chi connectivity index (χ0) is 16.7. The summed E-state index contributed by atoms with van der Waals surface area (Å²) < 4.78 is 0. The number of anilines is 1. The van der Waals surface area contributed by atoms with E-state index in [1.807, 2.05) is 36.4 Å². The van der Waals surface area contributed by atoms with E-state index in [9.17, 15) is 4.79 Å². The third-order valence-corrected chi connectivity index (χ3v) is 4.08. The Hall–Kier alpha value is -1.84. The fourth-order valence-corrected chi connectivity index (χ4v) is 2.68. The lowest BCUT2D eigenvalue weighted by atomic mass is 10.0. The van der Waals surface area contributed by atoms with Crippen LogP contribution in [-0.4, -0.2) is 30.4 Å². The summed E-state index contributed by atoms with van der Waals surface area (Å²) in [5, 5.41) is 3.70. The Morgan fingerprint density at radius 2 is 1.78 bits per heavy atom. The zero-order valence-corrected chi connectivity index (χ0v) is 14.4. The number of carbonyl (C=O) groups excluding carboxylic acids is 1. The van der Waals surface area contributed by atoms with Crippen LogP contribution in [0, 0.1) is 0 Å². The number of halogens is 1. The molecule has 0 bridgehead atoms. The van der Waals surface area contributed by atoms with Crippen molar-refractivity contribution in [3.63, 3.8) is 0 Å². The Kier molecular flexibility index (Phi) is 6.63. The van der Waals surface area contributed by atoms with E-state index < -0.39 is 0 Å². The molecule has 0 unspecified atom stereocenters. The summed E-state index contributed by atoms with van der Waals surface area (Å²) >= 11 is 6.13. The molecule has 23 heavy (non-hydrogen) atoms. The predicted octanol–water partition coefficient (Wildman–Crippen LogP) is 4.21. The van der Waals surface area contributed by atoms with E-state index in [-0.39, 0.29) is 5.91 Å². The lowest BCUT2D eigenvalue weighted by Crippen LogP contribution is -2.33. The standard InChI is InChI=1S/C19H23ClN2O/c1-3-22(4-2)14-19(23)21-18-11-10-17(20)13-16(18)12-15-8-6-5-7-9-15/h5-11,13H,3-4,12,14H2,1-2H3,(H,21,23). The van der Waals surface area contributed by atoms with Gasteiger partial charge in [-0.2, -0.15) is 0 Å². The number of nitrogens with one attached hydrogen (secondary N) is 1. The minimum absolute atomic E-state index is 0.00494. The van der Waals surface area contributed by atoms with Crippen LogP contribution in [0.25, 0.3) is 0 Å². The van der Waals surface area contributed by atoms with Crippen molar-refractivity contribution in [2.75, 3.05) is 25.0 Å². The van der Waals surface area contributed by atoms with Crippen LogP contribution in [0.2, 0.25) is 5.02 Å². The maximum absolute atomic E-state index is 12.2. The highest BCUT2D eigenvalue weighted by molar-refractivity contribution is 6.30. The van der Waals surface area contributed by atoms with E-state index in [1.54, 1.807) is 0 Å². The Morgan fingerprint density at radius 1 is 1.09 bits per heavy atom. The molecule has 0 aliphatic rings. The number of carbonyl (C=O) groups is 1. The molecular weight excluding hydrogens is 308 g/mol. The first-order valence-electron chi connectivity index (χ1n) is 7.97. The summed E-state index contributed by atoms with van der Waals surface area (Å²) in [6.07, 6.45) is 0.738. The maximum atomic E-state index is 12.2. The molecule has 0 heterocycles. The average molecular weight is 331 g/mol. The van der Waals surface area contributed by atoms with Crippen molar-refractivity contribution in [3.8, 4) is 0 Å². The summed E-state index contributed by atoms with van der Waals surface area (Å²) in [5.41, 5.74) is 3.04. The van der Waals surface area contributed by atoms with Crippen LogP contribution in [0.3, 0.4) is 0 Å². The minimum atomic E-state index is 0.00494. The molecule has 0 fully saturated rings. The maximum Gasteiger partial charge on any atom is 0.238 e. The molecule has 1 amide bonds. The summed E-state index contributed by atoms with van der Waals surface area (Å²) in [7, 11) is 0. The number of amides is 1. The van der Waals surface area contributed by atoms with E-state index in [4.69, 9.17) is 11.6 Å². The van der Waals surface area contributed by atoms with Gasteiger partial charge < -0.3 is 5.32 Å². The van der Waals surface area contributed by atoms with Gasteiger partial charge in [-0.3, -0.25) is 9.69 Å². The predicted molar refractivity (Wildman–Crippen MR) is 97.1 cm³/mol. The fourth-order valence-electron chi connectivity index (χ4n) is 2.49. The van der Waals surface area contributed by atoms with Crippen LogP contribution in [0.1, 0.15) is 25.0 Å². The molecule has 3 nitrogen and oxygen atoms in total. The highest BCUT2D eigenvalue weighted by atomic mass is 35.5. The molecule has 0 aliphatic carbocycles. The molecule has 2 aromatic carbocycles. The Labute approximate surface area is 143 Å². The molecule has 2 aromatic rings. The van der Waals surface area contributed by atoms with Gasteiger partial charge in [0, 0.05) is 10.7 Å². The van der Waals surface area contributed by atoms with E-state index in [0.717, 1.165) is 30.8 Å². The van der Waals surface area contributed by atoms with Gasteiger partial charge in [-0.25, -0.2) is 0 Å². The molecule has 2 rings (SSSR count). The molecule has 4 heteroatoms. The third-order valence-electron chi connectivity index (χ3n) is 3.84. The second-order valence-corrected chi connectivity index (χ2v) is 5.91. The molecule has 0 saturated carbocycles. The highest BCUT2D eigenvalue weighted by Crippen LogP contribution is 2.23. The van der Waals surface area contributed by atoms with E-state index in [1.165, 1.54) is 5.56 Å². The summed E-state index contributed by atoms with van der Waals surface area (Å²) in [4.78, 5) is 14.3. The second kappa shape index (κ2) is 8.70. The first-order valence-corrected chi connectivity index (χ1v) is 8.34. The van der Waals surface area contributed by atoms with Gasteiger partial charge in [0.2, 0.25) is 5.91 Å². The number of likely N-dealkylation sites (N-methyl/N-ethyl adjacent to an activating group) is 1. The minimum Gasteiger partial charge on any atom is -0.325 e. The van der Waals surface area contributed by atoms with Crippen molar-refractivity contribution < 1.29 is 4.79 Å². The summed E-state index contributed by atoms with van der Waals surface area (Å²) in [6, 6.07) is 15.8. The second-order valence-electron chi connectivity index (χ2n) is 5.47. The topological polar surface area (TPSA) is 32.3 Å². The van der Waals surface area contributed by atoms with Gasteiger partial charge in [0.15, 0.2) is 0 Å². The van der Waals surface area contributed by atoms with Crippen molar-refractivity contribution >= 4 is 23.2 Å². The first kappa shape index (κ1) is 17.5. The summed E-state index contributed by atoms with van der Waals surface area (Å²) in [5.74, 6) is 0.00494. The van der Waals surface area contributed by atoms with Crippen LogP contribution < -0.4 is 5.32 Å². The SMILES string of the molecule is CCN(CC)CC(=O)Nc1ccc(Cl)cc1Cc1ccccc1. The van der Waals surface area contributed by atoms with Crippen LogP contribution >= 0.6 is 11.6 Å². The van der Waals surface area contributed by atoms with Crippen molar-refractivity contribution in [3.05, 3.63) is 64.7 Å². The monoisotopic (exact) mass is 330 g/mol. The molecule has 0 saturated heterocycles. The molecular formula is C19H23ClN2O. The molecule has 122 valence electrons. The number of rotatable bonds is 7. The van der Waals surface area contributed by atoms with Gasteiger partial charge in [-0.05, 0) is 48.8 Å². The molecule has 1 N–H and O–H groups in total. The lowest BCUT2D eigenvalue weighted by Gasteiger charge is -2.18. The van der Waals surface area contributed by atoms with Crippen molar-refractivity contribution in [1.29, 1.82) is 0 Å². The molecule has 0 spiro atoms.